The Morgan fingerprint density at radius 2 is 2.20 bits per heavy atom. The van der Waals surface area contributed by atoms with Gasteiger partial charge in [-0.3, -0.25) is 5.73 Å². The van der Waals surface area contributed by atoms with Crippen LogP contribution in [0.3, 0.4) is 0 Å². The van der Waals surface area contributed by atoms with Crippen LogP contribution >= 0.6 is 11.3 Å². The number of aliphatic carboxylic acids is 2. The molecule has 0 unspecified atom stereocenters. The molecule has 82 valence electrons. The fourth-order valence-corrected chi connectivity index (χ4v) is 1.13. The van der Waals surface area contributed by atoms with Gasteiger partial charge in [0.25, 0.3) is 0 Å². The Morgan fingerprint density at radius 1 is 1.60 bits per heavy atom. The molecule has 0 aliphatic carbocycles. The number of nitrogen functional groups attached to an aromatic ring is 1. The molecule has 15 heavy (non-hydrogen) atoms. The van der Waals surface area contributed by atoms with Gasteiger partial charge in [-0.15, -0.1) is 0 Å². The number of H-pyrrole nitrogens is 1. The van der Waals surface area contributed by atoms with Crippen LogP contribution in [0.2, 0.25) is 0 Å². The van der Waals surface area contributed by atoms with Gasteiger partial charge in [0.1, 0.15) is 6.20 Å². The van der Waals surface area contributed by atoms with Crippen molar-refractivity contribution in [3.63, 3.8) is 0 Å². The van der Waals surface area contributed by atoms with Gasteiger partial charge in [-0.1, -0.05) is 11.3 Å². The number of carboxylic acid groups (broad SMARTS) is 2. The second-order valence-corrected chi connectivity index (χ2v) is 3.64. The van der Waals surface area contributed by atoms with Crippen LogP contribution in [0.25, 0.3) is 0 Å². The summed E-state index contributed by atoms with van der Waals surface area (Å²) in [6.45, 7) is 2.01. The Bertz CT molecular complexity index is 340. The first-order valence-electron chi connectivity index (χ1n) is 3.77. The molecule has 4 N–H and O–H groups in total. The van der Waals surface area contributed by atoms with Gasteiger partial charge in [-0.25, -0.2) is 9.78 Å². The van der Waals surface area contributed by atoms with Crippen LogP contribution in [-0.4, -0.2) is 17.0 Å². The van der Waals surface area contributed by atoms with Crippen LogP contribution in [0, 0.1) is 6.92 Å². The normalized spacial score (nSPS) is 9.40. The highest BCUT2D eigenvalue weighted by Crippen LogP contribution is 2.06. The molecule has 1 heterocycles. The van der Waals surface area contributed by atoms with Crippen molar-refractivity contribution in [3.8, 4) is 0 Å². The lowest BCUT2D eigenvalue weighted by atomic mass is 10.5. The molecule has 7 heteroatoms. The van der Waals surface area contributed by atoms with E-state index in [1.54, 1.807) is 11.3 Å². The molecule has 0 amide bonds. The molecule has 0 saturated carbocycles. The first-order valence-corrected chi connectivity index (χ1v) is 4.59. The second kappa shape index (κ2) is 6.55. The van der Waals surface area contributed by atoms with E-state index >= 15 is 0 Å². The lowest BCUT2D eigenvalue weighted by Gasteiger charge is -1.85. The number of hydrogen-bond acceptors (Lipinski definition) is 5. The summed E-state index contributed by atoms with van der Waals surface area (Å²) in [5, 5.41) is 18.0. The van der Waals surface area contributed by atoms with Crippen molar-refractivity contribution in [3.05, 3.63) is 23.2 Å². The molecule has 1 rings (SSSR count). The molecule has 0 radical (unpaired) electrons. The van der Waals surface area contributed by atoms with Crippen LogP contribution in [0.5, 0.6) is 0 Å². The summed E-state index contributed by atoms with van der Waals surface area (Å²) in [5.41, 5.74) is 5.34. The number of carbonyl (C=O) groups is 2. The van der Waals surface area contributed by atoms with E-state index in [0.717, 1.165) is 5.13 Å². The number of carboxylic acids is 2. The Labute approximate surface area is 89.7 Å². The summed E-state index contributed by atoms with van der Waals surface area (Å²) >= 11 is 1.56. The zero-order valence-corrected chi connectivity index (χ0v) is 8.71. The van der Waals surface area contributed by atoms with Gasteiger partial charge in [0.05, 0.1) is 5.97 Å². The molecule has 6 nitrogen and oxygen atoms in total. The minimum absolute atomic E-state index is 0.447. The molecule has 0 fully saturated rings. The van der Waals surface area contributed by atoms with Gasteiger partial charge in [0.15, 0.2) is 0 Å². The first kappa shape index (κ1) is 13.1. The molecular weight excluding hydrogens is 220 g/mol. The lowest BCUT2D eigenvalue weighted by molar-refractivity contribution is -0.354. The lowest BCUT2D eigenvalue weighted by Crippen LogP contribution is -2.19. The zero-order valence-electron chi connectivity index (χ0n) is 7.89. The van der Waals surface area contributed by atoms with Crippen molar-refractivity contribution in [2.24, 2.45) is 0 Å². The quantitative estimate of drug-likeness (QED) is 0.621. The molecule has 0 aliphatic rings. The van der Waals surface area contributed by atoms with Gasteiger partial charge in [0.2, 0.25) is 0 Å². The van der Waals surface area contributed by atoms with E-state index in [2.05, 4.69) is 4.98 Å². The summed E-state index contributed by atoms with van der Waals surface area (Å²) in [6, 6.07) is 0. The number of nitrogens with two attached hydrogens (primary N) is 1. The van der Waals surface area contributed by atoms with Crippen molar-refractivity contribution in [2.45, 2.75) is 6.92 Å². The highest BCUT2D eigenvalue weighted by Gasteiger charge is 1.93. The average Bonchev–Trinajstić information content (AvgIpc) is 2.47. The fraction of sp³-hybridized carbons (Fsp3) is 0.125. The Balaban J connectivity index is 0.000000262. The fourth-order valence-electron chi connectivity index (χ4n) is 0.544. The summed E-state index contributed by atoms with van der Waals surface area (Å²) in [7, 11) is 0. The zero-order chi connectivity index (χ0) is 11.8. The highest BCUT2D eigenvalue weighted by molar-refractivity contribution is 7.14. The number of thiazole rings is 1. The van der Waals surface area contributed by atoms with Crippen molar-refractivity contribution in [1.29, 1.82) is 0 Å². The molecule has 0 atom stereocenters. The van der Waals surface area contributed by atoms with E-state index in [0.29, 0.717) is 12.2 Å². The number of aryl methyl sites for hydroxylation is 1. The van der Waals surface area contributed by atoms with E-state index in [9.17, 15) is 14.7 Å². The van der Waals surface area contributed by atoms with Crippen molar-refractivity contribution >= 4 is 28.4 Å². The Hall–Kier alpha value is -1.89. The molecule has 0 aromatic carbocycles. The minimum Gasteiger partial charge on any atom is -0.545 e. The van der Waals surface area contributed by atoms with Crippen LogP contribution in [0.15, 0.2) is 18.3 Å². The highest BCUT2D eigenvalue weighted by atomic mass is 32.1. The van der Waals surface area contributed by atoms with Crippen LogP contribution in [-0.2, 0) is 9.59 Å². The van der Waals surface area contributed by atoms with Crippen LogP contribution < -0.4 is 15.8 Å². The number of aromatic amines is 1. The van der Waals surface area contributed by atoms with Gasteiger partial charge in [-0.05, 0) is 13.0 Å². The predicted octanol–water partition coefficient (Wildman–Crippen LogP) is -1.17. The summed E-state index contributed by atoms with van der Waals surface area (Å²) in [6.07, 6.45) is 2.83. The molecule has 1 aromatic heterocycles. The number of aromatic nitrogens is 1. The molecule has 0 spiro atoms. The van der Waals surface area contributed by atoms with E-state index in [1.807, 2.05) is 13.1 Å². The van der Waals surface area contributed by atoms with Crippen molar-refractivity contribution < 1.29 is 24.8 Å². The number of hydrogen-bond donors (Lipinski definition) is 2. The largest absolute Gasteiger partial charge is 0.545 e. The maximum absolute atomic E-state index is 9.53. The number of carbonyl (C=O) groups excluding carboxylic acids is 1. The molecule has 0 aliphatic heterocycles. The number of nitrogens with one attached hydrogen (secondary N) is 1. The topological polar surface area (TPSA) is 118 Å². The van der Waals surface area contributed by atoms with Crippen molar-refractivity contribution in [2.75, 3.05) is 5.73 Å². The third-order valence-electron chi connectivity index (χ3n) is 1.05. The average molecular weight is 230 g/mol. The smallest absolute Gasteiger partial charge is 0.329 e. The molecule has 1 aromatic rings. The van der Waals surface area contributed by atoms with Crippen LogP contribution in [0.1, 0.15) is 4.88 Å². The monoisotopic (exact) mass is 230 g/mol. The SMILES string of the molecule is Cc1c[nH+]c(N)s1.O=C([O-])/C=C\C(=O)O. The first-order chi connectivity index (χ1) is 6.91. The predicted molar refractivity (Wildman–Crippen MR) is 51.8 cm³/mol. The summed E-state index contributed by atoms with van der Waals surface area (Å²) in [5.74, 6) is -2.80. The van der Waals surface area contributed by atoms with Gasteiger partial charge in [0, 0.05) is 11.0 Å². The van der Waals surface area contributed by atoms with Gasteiger partial charge < -0.3 is 15.0 Å². The Kier molecular flexibility index (Phi) is 5.72. The Morgan fingerprint density at radius 3 is 2.33 bits per heavy atom. The van der Waals surface area contributed by atoms with E-state index in [1.165, 1.54) is 4.88 Å². The molecular formula is C8H10N2O4S. The summed E-state index contributed by atoms with van der Waals surface area (Å²) < 4.78 is 0. The minimum atomic E-state index is -1.51. The molecule has 0 saturated heterocycles. The van der Waals surface area contributed by atoms with E-state index in [-0.39, 0.29) is 0 Å². The maximum atomic E-state index is 9.53. The van der Waals surface area contributed by atoms with Crippen molar-refractivity contribution in [1.82, 2.24) is 0 Å². The van der Waals surface area contributed by atoms with E-state index in [4.69, 9.17) is 10.8 Å². The third kappa shape index (κ3) is 8.44. The third-order valence-corrected chi connectivity index (χ3v) is 1.83. The van der Waals surface area contributed by atoms with Gasteiger partial charge >= 0.3 is 11.1 Å². The summed E-state index contributed by atoms with van der Waals surface area (Å²) in [4.78, 5) is 23.1. The number of anilines is 1. The van der Waals surface area contributed by atoms with Crippen LogP contribution in [0.4, 0.5) is 5.13 Å². The number of rotatable bonds is 2. The van der Waals surface area contributed by atoms with Gasteiger partial charge in [-0.2, -0.15) is 0 Å². The second-order valence-electron chi connectivity index (χ2n) is 2.36. The van der Waals surface area contributed by atoms with E-state index < -0.39 is 11.9 Å². The maximum Gasteiger partial charge on any atom is 0.329 e. The standard InChI is InChI=1S/C4H6N2S.C4H4O4/c1-3-2-6-4(5)7-3;5-3(6)1-2-4(7)8/h2H,1H3,(H2,5,6);1-2H,(H,5,6)(H,7,8)/b;2-1-. The molecule has 0 bridgehead atoms.